The summed E-state index contributed by atoms with van der Waals surface area (Å²) >= 11 is 0. The van der Waals surface area contributed by atoms with Crippen molar-refractivity contribution in [3.63, 3.8) is 0 Å². The van der Waals surface area contributed by atoms with E-state index in [-0.39, 0.29) is 36.9 Å². The highest BCUT2D eigenvalue weighted by molar-refractivity contribution is 5.53. The number of hydrogen-bond acceptors (Lipinski definition) is 9. The molecule has 1 aromatic carbocycles. The second-order valence-corrected chi connectivity index (χ2v) is 11.4. The van der Waals surface area contributed by atoms with Crippen LogP contribution < -0.4 is 15.4 Å². The largest absolute Gasteiger partial charge is 0.573 e. The van der Waals surface area contributed by atoms with Gasteiger partial charge < -0.3 is 25.6 Å². The highest BCUT2D eigenvalue weighted by Gasteiger charge is 2.56. The van der Waals surface area contributed by atoms with Crippen LogP contribution in [-0.4, -0.2) is 70.3 Å². The maximum absolute atomic E-state index is 12.8. The number of hydrogen-bond donors (Lipinski definition) is 4. The summed E-state index contributed by atoms with van der Waals surface area (Å²) in [6, 6.07) is 8.36. The number of aliphatic hydroxyl groups excluding tert-OH is 2. The molecule has 216 valence electrons. The van der Waals surface area contributed by atoms with Crippen LogP contribution in [0.2, 0.25) is 0 Å². The van der Waals surface area contributed by atoms with Gasteiger partial charge in [0.15, 0.2) is 0 Å². The van der Waals surface area contributed by atoms with Crippen LogP contribution in [0.15, 0.2) is 30.5 Å². The Bertz CT molecular complexity index is 1200. The zero-order chi connectivity index (χ0) is 28.3. The van der Waals surface area contributed by atoms with Gasteiger partial charge in [0.25, 0.3) is 0 Å². The first-order valence-electron chi connectivity index (χ1n) is 13.8. The number of nitrogens with zero attached hydrogens (tertiary/aromatic N) is 4. The Kier molecular flexibility index (Phi) is 8.35. The van der Waals surface area contributed by atoms with Crippen molar-refractivity contribution in [2.24, 2.45) is 23.2 Å². The van der Waals surface area contributed by atoms with Crippen LogP contribution in [0, 0.1) is 34.5 Å². The Labute approximate surface area is 231 Å². The number of ether oxygens (including phenoxy) is 1. The molecule has 12 heteroatoms. The minimum atomic E-state index is -4.80. The van der Waals surface area contributed by atoms with E-state index in [0.29, 0.717) is 60.4 Å². The van der Waals surface area contributed by atoms with Crippen LogP contribution in [0.5, 0.6) is 5.75 Å². The molecule has 40 heavy (non-hydrogen) atoms. The normalized spacial score (nSPS) is 27.0. The molecule has 9 nitrogen and oxygen atoms in total. The molecule has 6 rings (SSSR count). The third-order valence-corrected chi connectivity index (χ3v) is 8.72. The van der Waals surface area contributed by atoms with Gasteiger partial charge in [0.1, 0.15) is 23.2 Å². The number of nitrogens with one attached hydrogen (secondary N) is 2. The summed E-state index contributed by atoms with van der Waals surface area (Å²) in [4.78, 5) is 10.9. The summed E-state index contributed by atoms with van der Waals surface area (Å²) in [5.41, 5.74) is 0.670. The number of nitriles is 1. The van der Waals surface area contributed by atoms with Crippen molar-refractivity contribution in [1.29, 1.82) is 5.26 Å². The molecule has 4 aliphatic rings. The number of benzene rings is 1. The van der Waals surface area contributed by atoms with E-state index >= 15 is 0 Å². The molecule has 1 heterocycles. The average Bonchev–Trinajstić information content (AvgIpc) is 2.90. The molecule has 1 unspecified atom stereocenters. The molecule has 4 fully saturated rings. The Balaban J connectivity index is 1.26. The summed E-state index contributed by atoms with van der Waals surface area (Å²) in [7, 11) is 0. The molecular weight excluding hydrogens is 525 g/mol. The summed E-state index contributed by atoms with van der Waals surface area (Å²) < 4.78 is 42.5. The van der Waals surface area contributed by atoms with Crippen LogP contribution in [0.25, 0.3) is 0 Å². The molecule has 5 atom stereocenters. The maximum Gasteiger partial charge on any atom is 0.573 e. The Hall–Kier alpha value is -3.14. The number of alkyl halides is 3. The molecule has 4 aliphatic carbocycles. The van der Waals surface area contributed by atoms with Crippen LogP contribution in [0.4, 0.5) is 24.9 Å². The fourth-order valence-electron chi connectivity index (χ4n) is 7.65. The number of aliphatic hydroxyl groups is 2. The van der Waals surface area contributed by atoms with Crippen LogP contribution in [0.1, 0.15) is 43.2 Å². The van der Waals surface area contributed by atoms with Crippen molar-refractivity contribution in [1.82, 2.24) is 14.9 Å². The lowest BCUT2D eigenvalue weighted by Crippen LogP contribution is -2.61. The second-order valence-electron chi connectivity index (χ2n) is 11.4. The number of rotatable bonds is 12. The van der Waals surface area contributed by atoms with E-state index in [1.807, 2.05) is 0 Å². The molecule has 2 aromatic rings. The van der Waals surface area contributed by atoms with Crippen molar-refractivity contribution in [2.75, 3.05) is 43.5 Å². The fourth-order valence-corrected chi connectivity index (χ4v) is 7.65. The van der Waals surface area contributed by atoms with Crippen molar-refractivity contribution >= 4 is 11.8 Å². The molecule has 0 saturated heterocycles. The van der Waals surface area contributed by atoms with Gasteiger partial charge in [-0.05, 0) is 61.3 Å². The van der Waals surface area contributed by atoms with E-state index in [0.717, 1.165) is 19.3 Å². The summed E-state index contributed by atoms with van der Waals surface area (Å²) in [5.74, 6) is 1.95. The number of halogens is 3. The van der Waals surface area contributed by atoms with Crippen molar-refractivity contribution in [3.8, 4) is 11.8 Å². The van der Waals surface area contributed by atoms with Crippen LogP contribution in [-0.2, 0) is 6.54 Å². The summed E-state index contributed by atoms with van der Waals surface area (Å²) in [6.07, 6.45) is 2.14. The molecule has 0 radical (unpaired) electrons. The standard InChI is InChI=1S/C28H35F3N6O3/c29-28(30,31)40-23-4-2-1-3-19(23)15-33-26-34-16-22(14-32)25(36-26)35-17-27-11-18-9-20(12-27)24(21(10-18)13-27)37(5-7-38)6-8-39/h1-4,16,18,20-21,24,38-39H,5-13,15,17H2,(H2,33,34,35,36)/t18?,20-,21+,24-,27+. The summed E-state index contributed by atoms with van der Waals surface area (Å²) in [5, 5.41) is 35.2. The minimum Gasteiger partial charge on any atom is -0.405 e. The van der Waals surface area contributed by atoms with Crippen molar-refractivity contribution in [3.05, 3.63) is 41.6 Å². The Morgan fingerprint density at radius 1 is 1.07 bits per heavy atom. The molecule has 4 bridgehead atoms. The van der Waals surface area contributed by atoms with E-state index in [9.17, 15) is 28.6 Å². The first kappa shape index (κ1) is 28.4. The molecular formula is C28H35F3N6O3. The fraction of sp³-hybridized carbons (Fsp3) is 0.607. The summed E-state index contributed by atoms with van der Waals surface area (Å²) in [6.45, 7) is 1.97. The van der Waals surface area contributed by atoms with Gasteiger partial charge >= 0.3 is 6.36 Å². The number of aromatic nitrogens is 2. The van der Waals surface area contributed by atoms with Crippen LogP contribution >= 0.6 is 0 Å². The lowest BCUT2D eigenvalue weighted by atomic mass is 9.47. The highest BCUT2D eigenvalue weighted by atomic mass is 19.4. The zero-order valence-electron chi connectivity index (χ0n) is 22.2. The number of anilines is 2. The van der Waals surface area contributed by atoms with Gasteiger partial charge in [-0.15, -0.1) is 13.2 Å². The Morgan fingerprint density at radius 2 is 1.77 bits per heavy atom. The first-order chi connectivity index (χ1) is 19.2. The zero-order valence-corrected chi connectivity index (χ0v) is 22.2. The SMILES string of the molecule is N#Cc1cnc(NCc2ccccc2OC(F)(F)F)nc1NC[C@@]12CC3C[C@H](C1)[C@@H](N(CCO)CCO)[C@@H](C3)C2. The minimum absolute atomic E-state index is 0.00609. The average molecular weight is 561 g/mol. The van der Waals surface area contributed by atoms with E-state index in [1.165, 1.54) is 37.2 Å². The van der Waals surface area contributed by atoms with Gasteiger partial charge in [-0.1, -0.05) is 18.2 Å². The van der Waals surface area contributed by atoms with E-state index < -0.39 is 6.36 Å². The lowest BCUT2D eigenvalue weighted by molar-refractivity contribution is -0.274. The van der Waals surface area contributed by atoms with Gasteiger partial charge in [0, 0.05) is 37.8 Å². The monoisotopic (exact) mass is 560 g/mol. The third-order valence-electron chi connectivity index (χ3n) is 8.72. The molecule has 0 amide bonds. The topological polar surface area (TPSA) is 127 Å². The smallest absolute Gasteiger partial charge is 0.405 e. The first-order valence-corrected chi connectivity index (χ1v) is 13.8. The third kappa shape index (κ3) is 6.27. The van der Waals surface area contributed by atoms with Crippen LogP contribution in [0.3, 0.4) is 0 Å². The van der Waals surface area contributed by atoms with E-state index in [1.54, 1.807) is 6.07 Å². The van der Waals surface area contributed by atoms with Gasteiger partial charge in [0.05, 0.1) is 19.4 Å². The van der Waals surface area contributed by atoms with Gasteiger partial charge in [0.2, 0.25) is 5.95 Å². The predicted octanol–water partition coefficient (Wildman–Crippen LogP) is 3.75. The van der Waals surface area contributed by atoms with E-state index in [2.05, 4.69) is 36.3 Å². The van der Waals surface area contributed by atoms with E-state index in [4.69, 9.17) is 0 Å². The lowest BCUT2D eigenvalue weighted by Gasteiger charge is -2.62. The molecule has 1 aromatic heterocycles. The predicted molar refractivity (Wildman–Crippen MR) is 141 cm³/mol. The molecule has 4 saturated carbocycles. The molecule has 0 aliphatic heterocycles. The van der Waals surface area contributed by atoms with Gasteiger partial charge in [-0.2, -0.15) is 10.2 Å². The highest BCUT2D eigenvalue weighted by Crippen LogP contribution is 2.61. The molecule has 0 spiro atoms. The Morgan fingerprint density at radius 3 is 2.42 bits per heavy atom. The van der Waals surface area contributed by atoms with Crippen molar-refractivity contribution in [2.45, 2.75) is 51.1 Å². The van der Waals surface area contributed by atoms with Gasteiger partial charge in [-0.3, -0.25) is 4.90 Å². The van der Waals surface area contributed by atoms with Gasteiger partial charge in [-0.25, -0.2) is 4.98 Å². The van der Waals surface area contributed by atoms with Crippen molar-refractivity contribution < 1.29 is 28.1 Å². The molecule has 4 N–H and O–H groups in total. The number of para-hydroxylation sites is 1. The maximum atomic E-state index is 12.8. The second kappa shape index (κ2) is 11.8. The quantitative estimate of drug-likeness (QED) is 0.307.